The fourth-order valence-corrected chi connectivity index (χ4v) is 1.20. The average Bonchev–Trinajstić information content (AvgIpc) is 2.78. The SMILES string of the molecule is CC(CN(C)C(=O)NCc1ccno1)C(=O)O. The van der Waals surface area contributed by atoms with Crippen LogP contribution in [0, 0.1) is 5.92 Å². The Balaban J connectivity index is 2.34. The zero-order chi connectivity index (χ0) is 12.8. The lowest BCUT2D eigenvalue weighted by Crippen LogP contribution is -2.40. The van der Waals surface area contributed by atoms with Crippen LogP contribution >= 0.6 is 0 Å². The van der Waals surface area contributed by atoms with Crippen LogP contribution in [0.2, 0.25) is 0 Å². The smallest absolute Gasteiger partial charge is 0.317 e. The molecule has 0 aliphatic carbocycles. The van der Waals surface area contributed by atoms with E-state index in [0.717, 1.165) is 0 Å². The number of rotatable bonds is 5. The molecule has 1 aromatic heterocycles. The van der Waals surface area contributed by atoms with Crippen molar-refractivity contribution in [3.05, 3.63) is 18.0 Å². The highest BCUT2D eigenvalue weighted by atomic mass is 16.5. The molecule has 0 aliphatic rings. The predicted octanol–water partition coefficient (Wildman–Crippen LogP) is 0.537. The van der Waals surface area contributed by atoms with Gasteiger partial charge in [0.1, 0.15) is 0 Å². The van der Waals surface area contributed by atoms with Crippen LogP contribution in [0.4, 0.5) is 4.79 Å². The van der Waals surface area contributed by atoms with Gasteiger partial charge in [0.2, 0.25) is 0 Å². The highest BCUT2D eigenvalue weighted by molar-refractivity contribution is 5.75. The summed E-state index contributed by atoms with van der Waals surface area (Å²) in [6, 6.07) is 1.29. The lowest BCUT2D eigenvalue weighted by atomic mass is 10.2. The highest BCUT2D eigenvalue weighted by Gasteiger charge is 2.17. The van der Waals surface area contributed by atoms with E-state index in [4.69, 9.17) is 9.63 Å². The van der Waals surface area contributed by atoms with Crippen molar-refractivity contribution in [3.63, 3.8) is 0 Å². The molecule has 1 atom stereocenters. The number of hydrogen-bond donors (Lipinski definition) is 2. The number of aliphatic carboxylic acids is 1. The van der Waals surface area contributed by atoms with E-state index in [-0.39, 0.29) is 19.1 Å². The minimum Gasteiger partial charge on any atom is -0.481 e. The molecule has 0 fully saturated rings. The zero-order valence-corrected chi connectivity index (χ0v) is 9.71. The van der Waals surface area contributed by atoms with E-state index in [2.05, 4.69) is 10.5 Å². The van der Waals surface area contributed by atoms with Crippen molar-refractivity contribution >= 4 is 12.0 Å². The second-order valence-corrected chi connectivity index (χ2v) is 3.76. The van der Waals surface area contributed by atoms with Gasteiger partial charge >= 0.3 is 12.0 Å². The van der Waals surface area contributed by atoms with Gasteiger partial charge in [-0.2, -0.15) is 0 Å². The topological polar surface area (TPSA) is 95.7 Å². The zero-order valence-electron chi connectivity index (χ0n) is 9.71. The Hall–Kier alpha value is -2.05. The number of carbonyl (C=O) groups excluding carboxylic acids is 1. The number of nitrogens with one attached hydrogen (secondary N) is 1. The standard InChI is InChI=1S/C10H15N3O4/c1-7(9(14)15)6-13(2)10(16)11-5-8-3-4-12-17-8/h3-4,7H,5-6H2,1-2H3,(H,11,16)(H,14,15). The maximum Gasteiger partial charge on any atom is 0.317 e. The highest BCUT2D eigenvalue weighted by Crippen LogP contribution is 2.00. The molecule has 0 bridgehead atoms. The van der Waals surface area contributed by atoms with E-state index in [1.165, 1.54) is 18.1 Å². The number of carbonyl (C=O) groups is 2. The largest absolute Gasteiger partial charge is 0.481 e. The van der Waals surface area contributed by atoms with Crippen molar-refractivity contribution in [1.29, 1.82) is 0 Å². The summed E-state index contributed by atoms with van der Waals surface area (Å²) in [5.74, 6) is -0.992. The molecular weight excluding hydrogens is 226 g/mol. The van der Waals surface area contributed by atoms with E-state index in [1.54, 1.807) is 13.0 Å². The monoisotopic (exact) mass is 241 g/mol. The summed E-state index contributed by atoms with van der Waals surface area (Å²) in [4.78, 5) is 23.5. The summed E-state index contributed by atoms with van der Waals surface area (Å²) in [6.07, 6.45) is 1.48. The lowest BCUT2D eigenvalue weighted by molar-refractivity contribution is -0.141. The molecule has 2 amide bonds. The van der Waals surface area contributed by atoms with Crippen LogP contribution in [0.25, 0.3) is 0 Å². The minimum atomic E-state index is -0.931. The molecule has 1 heterocycles. The molecule has 0 aromatic carbocycles. The third-order valence-electron chi connectivity index (χ3n) is 2.22. The van der Waals surface area contributed by atoms with Crippen LogP contribution in [0.1, 0.15) is 12.7 Å². The molecule has 17 heavy (non-hydrogen) atoms. The van der Waals surface area contributed by atoms with Crippen LogP contribution in [0.3, 0.4) is 0 Å². The van der Waals surface area contributed by atoms with Crippen molar-refractivity contribution in [3.8, 4) is 0 Å². The summed E-state index contributed by atoms with van der Waals surface area (Å²) in [7, 11) is 1.54. The van der Waals surface area contributed by atoms with Crippen molar-refractivity contribution in [2.24, 2.45) is 5.92 Å². The molecule has 1 aromatic rings. The summed E-state index contributed by atoms with van der Waals surface area (Å²) in [5.41, 5.74) is 0. The van der Waals surface area contributed by atoms with Gasteiger partial charge in [-0.15, -0.1) is 0 Å². The molecule has 1 rings (SSSR count). The van der Waals surface area contributed by atoms with E-state index in [0.29, 0.717) is 5.76 Å². The van der Waals surface area contributed by atoms with Crippen LogP contribution in [-0.4, -0.2) is 40.8 Å². The first-order chi connectivity index (χ1) is 8.00. The number of aromatic nitrogens is 1. The molecule has 0 saturated carbocycles. The predicted molar refractivity (Wildman–Crippen MR) is 58.2 cm³/mol. The van der Waals surface area contributed by atoms with E-state index >= 15 is 0 Å². The van der Waals surface area contributed by atoms with E-state index in [1.807, 2.05) is 0 Å². The van der Waals surface area contributed by atoms with Gasteiger partial charge < -0.3 is 19.8 Å². The van der Waals surface area contributed by atoms with Gasteiger partial charge in [-0.1, -0.05) is 12.1 Å². The number of amides is 2. The van der Waals surface area contributed by atoms with Gasteiger partial charge in [0.05, 0.1) is 18.7 Å². The first-order valence-electron chi connectivity index (χ1n) is 5.12. The Morgan fingerprint density at radius 3 is 2.88 bits per heavy atom. The van der Waals surface area contributed by atoms with Gasteiger partial charge in [0, 0.05) is 19.7 Å². The fourth-order valence-electron chi connectivity index (χ4n) is 1.20. The molecule has 7 nitrogen and oxygen atoms in total. The summed E-state index contributed by atoms with van der Waals surface area (Å²) >= 11 is 0. The third-order valence-corrected chi connectivity index (χ3v) is 2.22. The number of carboxylic acids is 1. The maximum absolute atomic E-state index is 11.6. The first kappa shape index (κ1) is 13.0. The normalized spacial score (nSPS) is 11.9. The van der Waals surface area contributed by atoms with Crippen LogP contribution in [-0.2, 0) is 11.3 Å². The molecule has 0 saturated heterocycles. The summed E-state index contributed by atoms with van der Waals surface area (Å²) < 4.78 is 4.81. The van der Waals surface area contributed by atoms with E-state index in [9.17, 15) is 9.59 Å². The Kier molecular flexibility index (Phi) is 4.50. The maximum atomic E-state index is 11.6. The molecule has 1 unspecified atom stereocenters. The van der Waals surface area contributed by atoms with Gasteiger partial charge in [-0.3, -0.25) is 4.79 Å². The van der Waals surface area contributed by atoms with Crippen LogP contribution < -0.4 is 5.32 Å². The molecule has 94 valence electrons. The third kappa shape index (κ3) is 4.13. The number of nitrogens with zero attached hydrogens (tertiary/aromatic N) is 2. The van der Waals surface area contributed by atoms with Gasteiger partial charge in [0.25, 0.3) is 0 Å². The Morgan fingerprint density at radius 2 is 2.35 bits per heavy atom. The van der Waals surface area contributed by atoms with Crippen molar-refractivity contribution in [2.75, 3.05) is 13.6 Å². The quantitative estimate of drug-likeness (QED) is 0.784. The van der Waals surface area contributed by atoms with Crippen molar-refractivity contribution < 1.29 is 19.2 Å². The molecule has 2 N–H and O–H groups in total. The second kappa shape index (κ2) is 5.88. The molecule has 0 aliphatic heterocycles. The van der Waals surface area contributed by atoms with Crippen LogP contribution in [0.5, 0.6) is 0 Å². The fraction of sp³-hybridized carbons (Fsp3) is 0.500. The average molecular weight is 241 g/mol. The summed E-state index contributed by atoms with van der Waals surface area (Å²) in [5, 5.41) is 14.8. The minimum absolute atomic E-state index is 0.150. The number of hydrogen-bond acceptors (Lipinski definition) is 4. The van der Waals surface area contributed by atoms with Gasteiger partial charge in [-0.05, 0) is 0 Å². The Morgan fingerprint density at radius 1 is 1.65 bits per heavy atom. The van der Waals surface area contributed by atoms with Gasteiger partial charge in [-0.25, -0.2) is 4.79 Å². The summed E-state index contributed by atoms with van der Waals surface area (Å²) in [6.45, 7) is 1.92. The molecule has 7 heteroatoms. The Labute approximate surface area is 98.4 Å². The van der Waals surface area contributed by atoms with E-state index < -0.39 is 11.9 Å². The second-order valence-electron chi connectivity index (χ2n) is 3.76. The molecular formula is C10H15N3O4. The molecule has 0 radical (unpaired) electrons. The van der Waals surface area contributed by atoms with Crippen molar-refractivity contribution in [2.45, 2.75) is 13.5 Å². The van der Waals surface area contributed by atoms with Crippen LogP contribution in [0.15, 0.2) is 16.8 Å². The lowest BCUT2D eigenvalue weighted by Gasteiger charge is -2.19. The van der Waals surface area contributed by atoms with Gasteiger partial charge in [0.15, 0.2) is 5.76 Å². The number of carboxylic acid groups (broad SMARTS) is 1. The van der Waals surface area contributed by atoms with Crippen molar-refractivity contribution in [1.82, 2.24) is 15.4 Å². The Bertz CT molecular complexity index is 377. The number of urea groups is 1. The molecule has 0 spiro atoms. The first-order valence-corrected chi connectivity index (χ1v) is 5.12.